The summed E-state index contributed by atoms with van der Waals surface area (Å²) in [7, 11) is -4.28. The van der Waals surface area contributed by atoms with Gasteiger partial charge in [0, 0.05) is 5.69 Å². The van der Waals surface area contributed by atoms with Crippen molar-refractivity contribution < 1.29 is 22.5 Å². The van der Waals surface area contributed by atoms with Gasteiger partial charge in [-0.3, -0.25) is 4.55 Å². The van der Waals surface area contributed by atoms with E-state index in [2.05, 4.69) is 5.32 Å². The number of carbonyl (C=O) groups is 1. The molecule has 0 fully saturated rings. The van der Waals surface area contributed by atoms with Gasteiger partial charge in [0.05, 0.1) is 6.61 Å². The molecule has 0 aliphatic carbocycles. The molecule has 2 N–H and O–H groups in total. The molecule has 0 spiro atoms. The van der Waals surface area contributed by atoms with Crippen LogP contribution < -0.4 is 5.32 Å². The highest BCUT2D eigenvalue weighted by Crippen LogP contribution is 2.11. The third-order valence-corrected chi connectivity index (χ3v) is 3.10. The van der Waals surface area contributed by atoms with Gasteiger partial charge in [-0.15, -0.1) is 0 Å². The number of esters is 1. The van der Waals surface area contributed by atoms with Crippen LogP contribution in [0, 0.1) is 6.92 Å². The van der Waals surface area contributed by atoms with Gasteiger partial charge in [0.1, 0.15) is 11.8 Å². The Bertz CT molecular complexity index is 524. The van der Waals surface area contributed by atoms with Crippen molar-refractivity contribution in [3.63, 3.8) is 0 Å². The number of benzene rings is 1. The van der Waals surface area contributed by atoms with E-state index in [1.807, 2.05) is 19.1 Å². The molecule has 0 aliphatic rings. The van der Waals surface area contributed by atoms with Crippen LogP contribution in [0.3, 0.4) is 0 Å². The van der Waals surface area contributed by atoms with E-state index in [-0.39, 0.29) is 6.61 Å². The third kappa shape index (κ3) is 5.71. The van der Waals surface area contributed by atoms with E-state index >= 15 is 0 Å². The quantitative estimate of drug-likeness (QED) is 0.604. The van der Waals surface area contributed by atoms with Crippen molar-refractivity contribution in [3.8, 4) is 0 Å². The van der Waals surface area contributed by atoms with E-state index in [0.29, 0.717) is 5.69 Å². The highest BCUT2D eigenvalue weighted by Gasteiger charge is 2.25. The van der Waals surface area contributed by atoms with Crippen LogP contribution in [0.5, 0.6) is 0 Å². The number of nitrogens with one attached hydrogen (secondary N) is 1. The van der Waals surface area contributed by atoms with Crippen LogP contribution >= 0.6 is 0 Å². The Balaban J connectivity index is 2.84. The first-order valence-corrected chi connectivity index (χ1v) is 7.37. The van der Waals surface area contributed by atoms with Crippen LogP contribution in [0.15, 0.2) is 24.3 Å². The maximum Gasteiger partial charge on any atom is 0.329 e. The highest BCUT2D eigenvalue weighted by molar-refractivity contribution is 7.85. The van der Waals surface area contributed by atoms with Gasteiger partial charge in [-0.25, -0.2) is 4.79 Å². The second-order valence-corrected chi connectivity index (χ2v) is 5.56. The van der Waals surface area contributed by atoms with Gasteiger partial charge >= 0.3 is 5.97 Å². The monoisotopic (exact) mass is 287 g/mol. The summed E-state index contributed by atoms with van der Waals surface area (Å²) in [5.74, 6) is -1.46. The van der Waals surface area contributed by atoms with Gasteiger partial charge in [0.2, 0.25) is 0 Å². The first-order chi connectivity index (χ1) is 8.81. The molecule has 6 nitrogen and oxygen atoms in total. The fourth-order valence-corrected chi connectivity index (χ4v) is 2.11. The van der Waals surface area contributed by atoms with E-state index in [4.69, 9.17) is 9.29 Å². The Labute approximate surface area is 112 Å². The summed E-state index contributed by atoms with van der Waals surface area (Å²) in [6.45, 7) is 3.66. The molecule has 0 aromatic heterocycles. The summed E-state index contributed by atoms with van der Waals surface area (Å²) >= 11 is 0. The maximum absolute atomic E-state index is 11.6. The molecular weight excluding hydrogens is 270 g/mol. The number of anilines is 1. The Kier molecular flexibility index (Phi) is 5.31. The SMILES string of the molecule is CCOC(=O)[C@H](CS(=O)(=O)O)Nc1ccc(C)cc1. The Morgan fingerprint density at radius 1 is 1.37 bits per heavy atom. The summed E-state index contributed by atoms with van der Waals surface area (Å²) in [4.78, 5) is 11.6. The van der Waals surface area contributed by atoms with E-state index in [9.17, 15) is 13.2 Å². The Hall–Kier alpha value is -1.60. The number of aryl methyl sites for hydroxylation is 1. The summed E-state index contributed by atoms with van der Waals surface area (Å²) in [5, 5.41) is 2.73. The van der Waals surface area contributed by atoms with Gasteiger partial charge in [0.25, 0.3) is 10.1 Å². The minimum absolute atomic E-state index is 0.135. The zero-order valence-electron chi connectivity index (χ0n) is 10.8. The summed E-state index contributed by atoms with van der Waals surface area (Å²) in [6.07, 6.45) is 0. The van der Waals surface area contributed by atoms with Crippen LogP contribution in [-0.2, 0) is 19.6 Å². The Morgan fingerprint density at radius 3 is 2.42 bits per heavy atom. The predicted molar refractivity (Wildman–Crippen MR) is 71.6 cm³/mol. The van der Waals surface area contributed by atoms with Crippen LogP contribution in [0.4, 0.5) is 5.69 Å². The second kappa shape index (κ2) is 6.53. The normalized spacial score (nSPS) is 12.8. The fourth-order valence-electron chi connectivity index (χ4n) is 1.47. The molecular formula is C12H17NO5S. The summed E-state index contributed by atoms with van der Waals surface area (Å²) in [6, 6.07) is 5.92. The van der Waals surface area contributed by atoms with Crippen molar-refractivity contribution in [1.29, 1.82) is 0 Å². The smallest absolute Gasteiger partial charge is 0.329 e. The van der Waals surface area contributed by atoms with Gasteiger partial charge in [0.15, 0.2) is 0 Å². The summed E-state index contributed by atoms with van der Waals surface area (Å²) < 4.78 is 35.4. The number of carbonyl (C=O) groups excluding carboxylic acids is 1. The average molecular weight is 287 g/mol. The number of hydrogen-bond acceptors (Lipinski definition) is 5. The van der Waals surface area contributed by atoms with Crippen molar-refractivity contribution in [1.82, 2.24) is 0 Å². The van der Waals surface area contributed by atoms with Crippen molar-refractivity contribution in [2.75, 3.05) is 17.7 Å². The van der Waals surface area contributed by atoms with Crippen LogP contribution in [-0.4, -0.2) is 37.3 Å². The topological polar surface area (TPSA) is 92.7 Å². The first kappa shape index (κ1) is 15.5. The van der Waals surface area contributed by atoms with Crippen molar-refractivity contribution >= 4 is 21.8 Å². The van der Waals surface area contributed by atoms with E-state index in [0.717, 1.165) is 5.56 Å². The largest absolute Gasteiger partial charge is 0.464 e. The number of rotatable bonds is 6. The number of ether oxygens (including phenoxy) is 1. The molecule has 0 unspecified atom stereocenters. The molecule has 0 heterocycles. The van der Waals surface area contributed by atoms with Crippen molar-refractivity contribution in [3.05, 3.63) is 29.8 Å². The highest BCUT2D eigenvalue weighted by atomic mass is 32.2. The van der Waals surface area contributed by atoms with Gasteiger partial charge < -0.3 is 10.1 Å². The lowest BCUT2D eigenvalue weighted by Gasteiger charge is -2.17. The lowest BCUT2D eigenvalue weighted by atomic mass is 10.2. The molecule has 1 aromatic carbocycles. The lowest BCUT2D eigenvalue weighted by Crippen LogP contribution is -2.37. The van der Waals surface area contributed by atoms with Gasteiger partial charge in [-0.05, 0) is 26.0 Å². The maximum atomic E-state index is 11.6. The fraction of sp³-hybridized carbons (Fsp3) is 0.417. The second-order valence-electron chi connectivity index (χ2n) is 4.06. The molecule has 0 saturated carbocycles. The zero-order chi connectivity index (χ0) is 14.5. The van der Waals surface area contributed by atoms with E-state index in [1.165, 1.54) is 0 Å². The molecule has 7 heteroatoms. The minimum Gasteiger partial charge on any atom is -0.464 e. The van der Waals surface area contributed by atoms with Gasteiger partial charge in [-0.2, -0.15) is 8.42 Å². The van der Waals surface area contributed by atoms with Crippen molar-refractivity contribution in [2.45, 2.75) is 19.9 Å². The standard InChI is InChI=1S/C12H17NO5S/c1-3-18-12(14)11(8-19(15,16)17)13-10-6-4-9(2)5-7-10/h4-7,11,13H,3,8H2,1-2H3,(H,15,16,17)/t11-/m0/s1. The molecule has 0 saturated heterocycles. The number of hydrogen-bond donors (Lipinski definition) is 2. The third-order valence-electron chi connectivity index (χ3n) is 2.34. The molecule has 106 valence electrons. The molecule has 1 rings (SSSR count). The van der Waals surface area contributed by atoms with E-state index < -0.39 is 27.9 Å². The first-order valence-electron chi connectivity index (χ1n) is 5.77. The van der Waals surface area contributed by atoms with E-state index in [1.54, 1.807) is 19.1 Å². The Morgan fingerprint density at radius 2 is 1.95 bits per heavy atom. The molecule has 1 atom stereocenters. The lowest BCUT2D eigenvalue weighted by molar-refractivity contribution is -0.143. The van der Waals surface area contributed by atoms with Crippen LogP contribution in [0.2, 0.25) is 0 Å². The summed E-state index contributed by atoms with van der Waals surface area (Å²) in [5.41, 5.74) is 1.61. The van der Waals surface area contributed by atoms with Crippen LogP contribution in [0.1, 0.15) is 12.5 Å². The molecule has 0 aliphatic heterocycles. The molecule has 0 amide bonds. The van der Waals surface area contributed by atoms with Crippen LogP contribution in [0.25, 0.3) is 0 Å². The molecule has 0 radical (unpaired) electrons. The van der Waals surface area contributed by atoms with Gasteiger partial charge in [-0.1, -0.05) is 17.7 Å². The zero-order valence-corrected chi connectivity index (χ0v) is 11.6. The average Bonchev–Trinajstić information content (AvgIpc) is 2.30. The van der Waals surface area contributed by atoms with Crippen molar-refractivity contribution in [2.24, 2.45) is 0 Å². The molecule has 19 heavy (non-hydrogen) atoms. The molecule has 0 bridgehead atoms. The minimum atomic E-state index is -4.28. The molecule has 1 aromatic rings. The predicted octanol–water partition coefficient (Wildman–Crippen LogP) is 1.23.